The van der Waals surface area contributed by atoms with Crippen molar-refractivity contribution in [2.75, 3.05) is 19.8 Å². The molecule has 0 aromatic heterocycles. The summed E-state index contributed by atoms with van der Waals surface area (Å²) in [6.07, 6.45) is 4.98. The van der Waals surface area contributed by atoms with E-state index in [2.05, 4.69) is 22.5 Å². The Morgan fingerprint density at radius 3 is 2.79 bits per heavy atom. The van der Waals surface area contributed by atoms with Crippen molar-refractivity contribution in [3.05, 3.63) is 0 Å². The van der Waals surface area contributed by atoms with Crippen molar-refractivity contribution < 1.29 is 14.3 Å². The zero-order valence-electron chi connectivity index (χ0n) is 11.0. The number of nitrogens with one attached hydrogen (secondary N) is 2. The van der Waals surface area contributed by atoms with Gasteiger partial charge in [-0.3, -0.25) is 9.59 Å². The first-order valence-electron chi connectivity index (χ1n) is 6.56. The zero-order valence-corrected chi connectivity index (χ0v) is 11.0. The highest BCUT2D eigenvalue weighted by atomic mass is 16.5. The van der Waals surface area contributed by atoms with Gasteiger partial charge in [-0.2, -0.15) is 0 Å². The van der Waals surface area contributed by atoms with Crippen LogP contribution < -0.4 is 16.4 Å². The minimum atomic E-state index is -0.313. The van der Waals surface area contributed by atoms with E-state index in [0.717, 1.165) is 32.1 Å². The van der Waals surface area contributed by atoms with Gasteiger partial charge < -0.3 is 21.1 Å². The maximum atomic E-state index is 11.4. The summed E-state index contributed by atoms with van der Waals surface area (Å²) in [4.78, 5) is 22.3. The quantitative estimate of drug-likeness (QED) is 0.446. The summed E-state index contributed by atoms with van der Waals surface area (Å²) in [5.41, 5.74) is 5.11. The molecule has 0 aromatic carbocycles. The lowest BCUT2D eigenvalue weighted by atomic mass is 10.1. The first-order valence-corrected chi connectivity index (χ1v) is 6.56. The molecule has 0 saturated carbocycles. The normalized spacial score (nSPS) is 18.5. The largest absolute Gasteiger partial charge is 0.356 e. The van der Waals surface area contributed by atoms with E-state index in [-0.39, 0.29) is 37.7 Å². The second kappa shape index (κ2) is 9.36. The third-order valence-electron chi connectivity index (χ3n) is 2.70. The van der Waals surface area contributed by atoms with Gasteiger partial charge in [0.25, 0.3) is 0 Å². The van der Waals surface area contributed by atoms with Crippen molar-refractivity contribution in [2.24, 2.45) is 5.73 Å². The van der Waals surface area contributed by atoms with Crippen LogP contribution in [0.4, 0.5) is 0 Å². The number of hydrogen-bond donors (Lipinski definition) is 3. The molecule has 1 rings (SSSR count). The van der Waals surface area contributed by atoms with Gasteiger partial charge >= 0.3 is 0 Å². The van der Waals surface area contributed by atoms with Crippen LogP contribution in [0.25, 0.3) is 0 Å². The number of rotatable bonds is 6. The van der Waals surface area contributed by atoms with E-state index in [9.17, 15) is 9.59 Å². The van der Waals surface area contributed by atoms with E-state index in [1.807, 2.05) is 0 Å². The van der Waals surface area contributed by atoms with Crippen molar-refractivity contribution in [3.63, 3.8) is 0 Å². The molecule has 0 saturated heterocycles. The molecule has 1 atom stereocenters. The van der Waals surface area contributed by atoms with Crippen LogP contribution in [-0.2, 0) is 14.3 Å². The van der Waals surface area contributed by atoms with Crippen LogP contribution in [-0.4, -0.2) is 37.7 Å². The number of amides is 2. The Morgan fingerprint density at radius 2 is 2.00 bits per heavy atom. The van der Waals surface area contributed by atoms with Crippen LogP contribution >= 0.6 is 0 Å². The second-order valence-electron chi connectivity index (χ2n) is 4.30. The molecule has 0 spiro atoms. The van der Waals surface area contributed by atoms with Gasteiger partial charge in [0, 0.05) is 6.42 Å². The highest BCUT2D eigenvalue weighted by Crippen LogP contribution is 2.10. The van der Waals surface area contributed by atoms with Gasteiger partial charge in [-0.05, 0) is 19.3 Å². The predicted octanol–water partition coefficient (Wildman–Crippen LogP) is -0.512. The summed E-state index contributed by atoms with van der Waals surface area (Å²) in [6.45, 7) is -0.0730. The lowest BCUT2D eigenvalue weighted by molar-refractivity contribution is -0.127. The minimum Gasteiger partial charge on any atom is -0.356 e. The Bertz CT molecular complexity index is 360. The van der Waals surface area contributed by atoms with Crippen LogP contribution in [0.2, 0.25) is 0 Å². The summed E-state index contributed by atoms with van der Waals surface area (Å²) < 4.78 is 5.44. The topological polar surface area (TPSA) is 93.5 Å². The maximum absolute atomic E-state index is 11.4. The molecule has 0 aliphatic heterocycles. The molecule has 6 nitrogen and oxygen atoms in total. The molecule has 0 heterocycles. The molecule has 2 amide bonds. The van der Waals surface area contributed by atoms with Crippen LogP contribution in [0.1, 0.15) is 32.1 Å². The molecule has 0 bridgehead atoms. The van der Waals surface area contributed by atoms with Gasteiger partial charge in [0.2, 0.25) is 11.8 Å². The molecular formula is C13H21N3O3. The van der Waals surface area contributed by atoms with E-state index >= 15 is 0 Å². The van der Waals surface area contributed by atoms with Gasteiger partial charge in [0.1, 0.15) is 12.7 Å². The third-order valence-corrected chi connectivity index (χ3v) is 2.70. The van der Waals surface area contributed by atoms with Gasteiger partial charge in [-0.25, -0.2) is 0 Å². The van der Waals surface area contributed by atoms with Gasteiger partial charge in [-0.15, -0.1) is 5.92 Å². The summed E-state index contributed by atoms with van der Waals surface area (Å²) in [5, 5.41) is 4.96. The monoisotopic (exact) mass is 267 g/mol. The van der Waals surface area contributed by atoms with Crippen LogP contribution in [0, 0.1) is 11.8 Å². The molecule has 0 fully saturated rings. The standard InChI is InChI=1S/C13H21N3O3/c14-8-12(17)15-10-16-13(18)9-19-11-6-4-2-1-3-5-7-11/h11H,1-4,6,8-10,14H2,(H,15,17)(H,16,18). The van der Waals surface area contributed by atoms with Gasteiger partial charge in [-0.1, -0.05) is 12.3 Å². The van der Waals surface area contributed by atoms with E-state index in [4.69, 9.17) is 10.5 Å². The Morgan fingerprint density at radius 1 is 1.21 bits per heavy atom. The van der Waals surface area contributed by atoms with Crippen LogP contribution in [0.5, 0.6) is 0 Å². The molecule has 1 aliphatic rings. The molecule has 1 aliphatic carbocycles. The smallest absolute Gasteiger partial charge is 0.247 e. The van der Waals surface area contributed by atoms with E-state index < -0.39 is 0 Å². The summed E-state index contributed by atoms with van der Waals surface area (Å²) >= 11 is 0. The SMILES string of the molecule is NCC(=O)NCNC(=O)COC1C#CCCCCC1. The Hall–Kier alpha value is -1.58. The number of ether oxygens (including phenoxy) is 1. The van der Waals surface area contributed by atoms with Crippen molar-refractivity contribution >= 4 is 11.8 Å². The van der Waals surface area contributed by atoms with E-state index in [0.29, 0.717) is 0 Å². The molecular weight excluding hydrogens is 246 g/mol. The second-order valence-corrected chi connectivity index (χ2v) is 4.30. The predicted molar refractivity (Wildman–Crippen MR) is 70.8 cm³/mol. The average molecular weight is 267 g/mol. The Kier molecular flexibility index (Phi) is 7.63. The first kappa shape index (κ1) is 15.5. The Balaban J connectivity index is 2.16. The lowest BCUT2D eigenvalue weighted by Crippen LogP contribution is -2.41. The summed E-state index contributed by atoms with van der Waals surface area (Å²) in [5.74, 6) is 5.48. The van der Waals surface area contributed by atoms with E-state index in [1.165, 1.54) is 0 Å². The van der Waals surface area contributed by atoms with Gasteiger partial charge in [0.05, 0.1) is 13.2 Å². The van der Waals surface area contributed by atoms with Crippen molar-refractivity contribution in [3.8, 4) is 11.8 Å². The molecule has 6 heteroatoms. The van der Waals surface area contributed by atoms with Crippen molar-refractivity contribution in [1.29, 1.82) is 0 Å². The third kappa shape index (κ3) is 7.44. The minimum absolute atomic E-state index is 0.0438. The molecule has 19 heavy (non-hydrogen) atoms. The number of hydrogen-bond acceptors (Lipinski definition) is 4. The first-order chi connectivity index (χ1) is 9.22. The van der Waals surface area contributed by atoms with Crippen LogP contribution in [0.3, 0.4) is 0 Å². The van der Waals surface area contributed by atoms with Gasteiger partial charge in [0.15, 0.2) is 0 Å². The Labute approximate surface area is 113 Å². The van der Waals surface area contributed by atoms with E-state index in [1.54, 1.807) is 0 Å². The molecule has 106 valence electrons. The average Bonchev–Trinajstić information content (AvgIpc) is 2.37. The highest BCUT2D eigenvalue weighted by molar-refractivity contribution is 5.80. The highest BCUT2D eigenvalue weighted by Gasteiger charge is 2.10. The zero-order chi connectivity index (χ0) is 13.9. The molecule has 0 radical (unpaired) electrons. The molecule has 0 aromatic rings. The number of nitrogens with two attached hydrogens (primary N) is 1. The fourth-order valence-electron chi connectivity index (χ4n) is 1.64. The van der Waals surface area contributed by atoms with Crippen molar-refractivity contribution in [1.82, 2.24) is 10.6 Å². The fourth-order valence-corrected chi connectivity index (χ4v) is 1.64. The molecule has 1 unspecified atom stereocenters. The van der Waals surface area contributed by atoms with Crippen LogP contribution in [0.15, 0.2) is 0 Å². The number of carbonyl (C=O) groups excluding carboxylic acids is 2. The fraction of sp³-hybridized carbons (Fsp3) is 0.692. The molecule has 4 N–H and O–H groups in total. The van der Waals surface area contributed by atoms with Crippen molar-refractivity contribution in [2.45, 2.75) is 38.2 Å². The lowest BCUT2D eigenvalue weighted by Gasteiger charge is -2.13. The summed E-state index contributed by atoms with van der Waals surface area (Å²) in [6, 6.07) is 0. The summed E-state index contributed by atoms with van der Waals surface area (Å²) in [7, 11) is 0. The maximum Gasteiger partial charge on any atom is 0.247 e. The number of carbonyl (C=O) groups is 2.